The minimum atomic E-state index is -0.504. The Balaban J connectivity index is 3.28. The zero-order valence-electron chi connectivity index (χ0n) is 7.74. The Morgan fingerprint density at radius 3 is 2.53 bits per heavy atom. The molecule has 0 aliphatic heterocycles. The molecule has 4 nitrogen and oxygen atoms in total. The monoisotopic (exact) mass is 245 g/mol. The molecule has 0 spiro atoms. The maximum atomic E-state index is 9.26. The van der Waals surface area contributed by atoms with Gasteiger partial charge in [0, 0.05) is 0 Å². The first-order valence-corrected chi connectivity index (χ1v) is 4.63. The first-order chi connectivity index (χ1) is 7.10. The predicted octanol–water partition coefficient (Wildman–Crippen LogP) is 3.68. The Morgan fingerprint density at radius 2 is 2.07 bits per heavy atom. The molecule has 0 unspecified atom stereocenters. The summed E-state index contributed by atoms with van der Waals surface area (Å²) in [5.41, 5.74) is 0.280. The molecule has 0 amide bonds. The molecule has 1 aromatic carbocycles. The zero-order valence-corrected chi connectivity index (χ0v) is 9.25. The SMILES string of the molecule is CO/C(O)=C(\[N+]#N)c1ccc(Cl)c(Cl)c1. The molecule has 0 aromatic heterocycles. The van der Waals surface area contributed by atoms with Crippen molar-refractivity contribution in [1.82, 2.24) is 0 Å². The molecule has 0 aliphatic carbocycles. The maximum absolute atomic E-state index is 9.26. The highest BCUT2D eigenvalue weighted by Gasteiger charge is 2.23. The van der Waals surface area contributed by atoms with Crippen LogP contribution in [0.3, 0.4) is 0 Å². The highest BCUT2D eigenvalue weighted by atomic mass is 35.5. The van der Waals surface area contributed by atoms with Crippen molar-refractivity contribution in [1.29, 1.82) is 5.39 Å². The number of rotatable bonds is 2. The first kappa shape index (κ1) is 11.6. The zero-order chi connectivity index (χ0) is 11.4. The van der Waals surface area contributed by atoms with E-state index in [2.05, 4.69) is 9.71 Å². The normalized spacial score (nSPS) is 11.6. The van der Waals surface area contributed by atoms with Gasteiger partial charge in [-0.05, 0) is 18.2 Å². The third kappa shape index (κ3) is 2.52. The van der Waals surface area contributed by atoms with Crippen molar-refractivity contribution in [2.24, 2.45) is 0 Å². The molecule has 6 heteroatoms. The van der Waals surface area contributed by atoms with Crippen LogP contribution in [0.2, 0.25) is 10.0 Å². The van der Waals surface area contributed by atoms with Gasteiger partial charge in [-0.15, -0.1) is 0 Å². The summed E-state index contributed by atoms with van der Waals surface area (Å²) in [6.07, 6.45) is 0. The molecule has 0 bridgehead atoms. The molecule has 0 saturated carbocycles. The summed E-state index contributed by atoms with van der Waals surface area (Å²) in [5, 5.41) is 18.6. The molecule has 0 saturated heterocycles. The van der Waals surface area contributed by atoms with E-state index < -0.39 is 5.95 Å². The van der Waals surface area contributed by atoms with E-state index in [0.717, 1.165) is 0 Å². The van der Waals surface area contributed by atoms with Gasteiger partial charge >= 0.3 is 11.6 Å². The average Bonchev–Trinajstić information content (AvgIpc) is 2.24. The lowest BCUT2D eigenvalue weighted by Crippen LogP contribution is -1.90. The van der Waals surface area contributed by atoms with E-state index in [1.165, 1.54) is 19.2 Å². The molecule has 0 fully saturated rings. The Morgan fingerprint density at radius 1 is 1.40 bits per heavy atom. The fourth-order valence-corrected chi connectivity index (χ4v) is 1.26. The van der Waals surface area contributed by atoms with E-state index in [1.807, 2.05) is 0 Å². The van der Waals surface area contributed by atoms with Crippen molar-refractivity contribution in [3.05, 3.63) is 44.7 Å². The van der Waals surface area contributed by atoms with E-state index in [9.17, 15) is 5.11 Å². The number of diazo groups is 1. The average molecular weight is 246 g/mol. The summed E-state index contributed by atoms with van der Waals surface area (Å²) < 4.78 is 4.53. The number of methoxy groups -OCH3 is 1. The van der Waals surface area contributed by atoms with E-state index in [-0.39, 0.29) is 5.70 Å². The standard InChI is InChI=1S/C9H6Cl2N2O2/c1-15-9(14)8(13-12)5-2-3-6(10)7(11)4-5/h2-4H,1H3/p+1/b9-8-. The van der Waals surface area contributed by atoms with E-state index in [4.69, 9.17) is 28.6 Å². The van der Waals surface area contributed by atoms with Crippen LogP contribution in [-0.2, 0) is 4.74 Å². The van der Waals surface area contributed by atoms with E-state index in [0.29, 0.717) is 15.6 Å². The van der Waals surface area contributed by atoms with E-state index in [1.54, 1.807) is 6.07 Å². The van der Waals surface area contributed by atoms with Crippen molar-refractivity contribution in [3.8, 4) is 0 Å². The summed E-state index contributed by atoms with van der Waals surface area (Å²) in [4.78, 5) is 2.90. The van der Waals surface area contributed by atoms with Crippen LogP contribution in [0.1, 0.15) is 5.56 Å². The van der Waals surface area contributed by atoms with Gasteiger partial charge in [0.2, 0.25) is 5.39 Å². The van der Waals surface area contributed by atoms with Crippen LogP contribution < -0.4 is 0 Å². The number of benzene rings is 1. The van der Waals surface area contributed by atoms with Crippen molar-refractivity contribution in [2.45, 2.75) is 0 Å². The van der Waals surface area contributed by atoms with Crippen LogP contribution in [0.15, 0.2) is 24.1 Å². The number of ether oxygens (including phenoxy) is 1. The molecule has 0 radical (unpaired) electrons. The van der Waals surface area contributed by atoms with Crippen LogP contribution in [0.4, 0.5) is 0 Å². The molecule has 15 heavy (non-hydrogen) atoms. The van der Waals surface area contributed by atoms with Crippen LogP contribution in [-0.4, -0.2) is 12.2 Å². The lowest BCUT2D eigenvalue weighted by molar-refractivity contribution is 0.139. The second-order valence-corrected chi connectivity index (χ2v) is 3.40. The highest BCUT2D eigenvalue weighted by Crippen LogP contribution is 2.27. The summed E-state index contributed by atoms with van der Waals surface area (Å²) in [6, 6.07) is 4.51. The van der Waals surface area contributed by atoms with Crippen LogP contribution in [0.25, 0.3) is 10.7 Å². The second-order valence-electron chi connectivity index (χ2n) is 2.59. The van der Waals surface area contributed by atoms with Crippen molar-refractivity contribution >= 4 is 28.9 Å². The Bertz CT molecular complexity index is 452. The van der Waals surface area contributed by atoms with Gasteiger partial charge < -0.3 is 9.84 Å². The third-order valence-electron chi connectivity index (χ3n) is 1.69. The third-order valence-corrected chi connectivity index (χ3v) is 2.43. The van der Waals surface area contributed by atoms with Crippen molar-refractivity contribution < 1.29 is 9.84 Å². The molecular formula is C9H7Cl2N2O2+. The molecule has 1 aromatic rings. The Hall–Kier alpha value is -1.44. The molecule has 1 N–H and O–H groups in total. The fraction of sp³-hybridized carbons (Fsp3) is 0.111. The number of hydrogen-bond acceptors (Lipinski definition) is 3. The topological polar surface area (TPSA) is 57.6 Å². The minimum Gasteiger partial charge on any atom is -0.475 e. The first-order valence-electron chi connectivity index (χ1n) is 3.88. The van der Waals surface area contributed by atoms with Crippen molar-refractivity contribution in [2.75, 3.05) is 7.11 Å². The van der Waals surface area contributed by atoms with Gasteiger partial charge in [-0.3, -0.25) is 0 Å². The molecule has 0 heterocycles. The molecule has 0 atom stereocenters. The van der Waals surface area contributed by atoms with Crippen LogP contribution in [0.5, 0.6) is 0 Å². The smallest absolute Gasteiger partial charge is 0.471 e. The van der Waals surface area contributed by atoms with Gasteiger partial charge in [-0.1, -0.05) is 23.2 Å². The van der Waals surface area contributed by atoms with Crippen LogP contribution >= 0.6 is 23.2 Å². The maximum Gasteiger partial charge on any atom is 0.471 e. The number of halogens is 2. The number of hydrogen-bond donors (Lipinski definition) is 1. The van der Waals surface area contributed by atoms with Crippen molar-refractivity contribution in [3.63, 3.8) is 0 Å². The Labute approximate surface area is 96.3 Å². The fourth-order valence-electron chi connectivity index (χ4n) is 0.964. The number of aliphatic hydroxyl groups is 1. The molecule has 1 rings (SSSR count). The van der Waals surface area contributed by atoms with Gasteiger partial charge in [0.05, 0.1) is 22.7 Å². The van der Waals surface area contributed by atoms with E-state index >= 15 is 0 Å². The quantitative estimate of drug-likeness (QED) is 0.639. The summed E-state index contributed by atoms with van der Waals surface area (Å²) in [6.45, 7) is 0. The summed E-state index contributed by atoms with van der Waals surface area (Å²) in [7, 11) is 1.25. The largest absolute Gasteiger partial charge is 0.475 e. The van der Waals surface area contributed by atoms with Gasteiger partial charge in [-0.2, -0.15) is 0 Å². The lowest BCUT2D eigenvalue weighted by Gasteiger charge is -1.97. The predicted molar refractivity (Wildman–Crippen MR) is 58.1 cm³/mol. The van der Waals surface area contributed by atoms with Gasteiger partial charge in [-0.25, -0.2) is 0 Å². The number of aliphatic hydroxyl groups excluding tert-OH is 1. The molecular weight excluding hydrogens is 239 g/mol. The minimum absolute atomic E-state index is 0.115. The summed E-state index contributed by atoms with van der Waals surface area (Å²) >= 11 is 11.5. The van der Waals surface area contributed by atoms with Gasteiger partial charge in [0.1, 0.15) is 0 Å². The number of nitrogens with zero attached hydrogens (tertiary/aromatic N) is 2. The Kier molecular flexibility index (Phi) is 3.78. The van der Waals surface area contributed by atoms with Gasteiger partial charge in [0.15, 0.2) is 4.98 Å². The van der Waals surface area contributed by atoms with Crippen LogP contribution in [0, 0.1) is 5.39 Å². The molecule has 78 valence electrons. The highest BCUT2D eigenvalue weighted by molar-refractivity contribution is 6.42. The van der Waals surface area contributed by atoms with Gasteiger partial charge in [0.25, 0.3) is 0 Å². The second kappa shape index (κ2) is 4.87. The lowest BCUT2D eigenvalue weighted by atomic mass is 10.2. The molecule has 0 aliphatic rings. The summed E-state index contributed by atoms with van der Waals surface area (Å²) in [5.74, 6) is -0.504.